The van der Waals surface area contributed by atoms with Crippen LogP contribution in [0, 0.1) is 5.41 Å². The number of carbonyl (C=O) groups excluding carboxylic acids is 1. The Bertz CT molecular complexity index is 175. The molecule has 0 aliphatic heterocycles. The van der Waals surface area contributed by atoms with E-state index in [1.807, 2.05) is 0 Å². The molecule has 0 fully saturated rings. The van der Waals surface area contributed by atoms with Crippen LogP contribution in [0.25, 0.3) is 0 Å². The van der Waals surface area contributed by atoms with Crippen LogP contribution in [0.2, 0.25) is 0 Å². The Balaban J connectivity index is 4.60. The van der Waals surface area contributed by atoms with Gasteiger partial charge in [-0.2, -0.15) is 0 Å². The van der Waals surface area contributed by atoms with E-state index in [1.54, 1.807) is 6.92 Å². The van der Waals surface area contributed by atoms with Crippen LogP contribution in [0.3, 0.4) is 0 Å². The molecule has 3 nitrogen and oxygen atoms in total. The van der Waals surface area contributed by atoms with Gasteiger partial charge in [0.05, 0.1) is 11.5 Å². The zero-order valence-corrected chi connectivity index (χ0v) is 7.58. The molecular formula is C9H16O3. The van der Waals surface area contributed by atoms with Gasteiger partial charge in [0, 0.05) is 6.61 Å². The van der Waals surface area contributed by atoms with Gasteiger partial charge in [0.15, 0.2) is 5.78 Å². The predicted octanol–water partition coefficient (Wildman–Crippen LogP) is 0.511. The molecule has 0 amide bonds. The van der Waals surface area contributed by atoms with Crippen LogP contribution in [-0.2, 0) is 4.79 Å². The maximum Gasteiger partial charge on any atom is 0.163 e. The average Bonchev–Trinajstić information content (AvgIpc) is 2.03. The number of hydrogen-bond donors (Lipinski definition) is 2. The summed E-state index contributed by atoms with van der Waals surface area (Å²) in [7, 11) is 0. The van der Waals surface area contributed by atoms with Crippen LogP contribution in [0.1, 0.15) is 20.3 Å². The third-order valence-corrected chi connectivity index (χ3v) is 2.30. The molecule has 0 radical (unpaired) electrons. The first-order valence-electron chi connectivity index (χ1n) is 3.95. The smallest absolute Gasteiger partial charge is 0.163 e. The summed E-state index contributed by atoms with van der Waals surface area (Å²) in [5, 5.41) is 18.0. The number of aliphatic hydroxyl groups excluding tert-OH is 2. The van der Waals surface area contributed by atoms with Crippen molar-refractivity contribution in [2.24, 2.45) is 5.41 Å². The molecule has 2 atom stereocenters. The predicted molar refractivity (Wildman–Crippen MR) is 46.7 cm³/mol. The number of ketones is 1. The van der Waals surface area contributed by atoms with Gasteiger partial charge in [-0.1, -0.05) is 6.58 Å². The van der Waals surface area contributed by atoms with Crippen LogP contribution in [-0.4, -0.2) is 28.7 Å². The number of carbonyl (C=O) groups is 1. The number of aliphatic hydroxyl groups is 2. The van der Waals surface area contributed by atoms with E-state index in [2.05, 4.69) is 6.58 Å². The SMILES string of the molecule is C=CC(=O)C(C)(CCO)C(C)O. The molecule has 0 saturated heterocycles. The van der Waals surface area contributed by atoms with Gasteiger partial charge >= 0.3 is 0 Å². The van der Waals surface area contributed by atoms with Crippen molar-refractivity contribution in [1.29, 1.82) is 0 Å². The zero-order valence-electron chi connectivity index (χ0n) is 7.58. The summed E-state index contributed by atoms with van der Waals surface area (Å²) in [6.07, 6.45) is 0.674. The van der Waals surface area contributed by atoms with E-state index in [9.17, 15) is 9.90 Å². The summed E-state index contributed by atoms with van der Waals surface area (Å²) in [5.41, 5.74) is -0.892. The fourth-order valence-electron chi connectivity index (χ4n) is 1.00. The van der Waals surface area contributed by atoms with E-state index in [0.717, 1.165) is 0 Å². The number of rotatable bonds is 5. The fourth-order valence-corrected chi connectivity index (χ4v) is 1.00. The first-order valence-corrected chi connectivity index (χ1v) is 3.95. The molecule has 3 heteroatoms. The summed E-state index contributed by atoms with van der Waals surface area (Å²) in [6.45, 7) is 6.40. The van der Waals surface area contributed by atoms with E-state index in [-0.39, 0.29) is 18.8 Å². The molecule has 2 unspecified atom stereocenters. The van der Waals surface area contributed by atoms with Crippen molar-refractivity contribution < 1.29 is 15.0 Å². The molecule has 0 aromatic carbocycles. The minimum Gasteiger partial charge on any atom is -0.396 e. The van der Waals surface area contributed by atoms with Gasteiger partial charge in [0.25, 0.3) is 0 Å². The van der Waals surface area contributed by atoms with Gasteiger partial charge in [0.1, 0.15) is 0 Å². The molecule has 70 valence electrons. The average molecular weight is 172 g/mol. The molecular weight excluding hydrogens is 156 g/mol. The summed E-state index contributed by atoms with van der Waals surface area (Å²) in [4.78, 5) is 11.3. The van der Waals surface area contributed by atoms with Crippen molar-refractivity contribution >= 4 is 5.78 Å². The molecule has 0 heterocycles. The highest BCUT2D eigenvalue weighted by atomic mass is 16.3. The Labute approximate surface area is 72.7 Å². The molecule has 0 spiro atoms. The summed E-state index contributed by atoms with van der Waals surface area (Å²) >= 11 is 0. The first-order chi connectivity index (χ1) is 5.49. The Morgan fingerprint density at radius 3 is 2.50 bits per heavy atom. The third-order valence-electron chi connectivity index (χ3n) is 2.30. The largest absolute Gasteiger partial charge is 0.396 e. The van der Waals surface area contributed by atoms with Crippen molar-refractivity contribution in [2.75, 3.05) is 6.61 Å². The van der Waals surface area contributed by atoms with Crippen molar-refractivity contribution in [3.63, 3.8) is 0 Å². The molecule has 0 saturated carbocycles. The molecule has 0 aromatic heterocycles. The molecule has 0 aromatic rings. The van der Waals surface area contributed by atoms with Crippen LogP contribution in [0.15, 0.2) is 12.7 Å². The lowest BCUT2D eigenvalue weighted by molar-refractivity contribution is -0.129. The molecule has 0 aliphatic rings. The zero-order chi connectivity index (χ0) is 9.78. The van der Waals surface area contributed by atoms with Gasteiger partial charge in [-0.15, -0.1) is 0 Å². The maximum absolute atomic E-state index is 11.3. The number of hydrogen-bond acceptors (Lipinski definition) is 3. The van der Waals surface area contributed by atoms with E-state index in [1.165, 1.54) is 13.0 Å². The van der Waals surface area contributed by atoms with Crippen LogP contribution in [0.5, 0.6) is 0 Å². The summed E-state index contributed by atoms with van der Waals surface area (Å²) < 4.78 is 0. The van der Waals surface area contributed by atoms with Crippen LogP contribution < -0.4 is 0 Å². The second-order valence-corrected chi connectivity index (χ2v) is 3.14. The third kappa shape index (κ3) is 2.16. The highest BCUT2D eigenvalue weighted by molar-refractivity contribution is 5.94. The lowest BCUT2D eigenvalue weighted by Crippen LogP contribution is -2.38. The van der Waals surface area contributed by atoms with E-state index >= 15 is 0 Å². The standard InChI is InChI=1S/C9H16O3/c1-4-8(12)9(3,5-6-10)7(2)11/h4,7,10-11H,1,5-6H2,2-3H3. The normalized spacial score (nSPS) is 18.0. The molecule has 12 heavy (non-hydrogen) atoms. The van der Waals surface area contributed by atoms with Crippen molar-refractivity contribution in [1.82, 2.24) is 0 Å². The van der Waals surface area contributed by atoms with Crippen LogP contribution in [0.4, 0.5) is 0 Å². The summed E-state index contributed by atoms with van der Waals surface area (Å²) in [5.74, 6) is -0.230. The fraction of sp³-hybridized carbons (Fsp3) is 0.667. The monoisotopic (exact) mass is 172 g/mol. The van der Waals surface area contributed by atoms with Crippen molar-refractivity contribution in [3.05, 3.63) is 12.7 Å². The highest BCUT2D eigenvalue weighted by Crippen LogP contribution is 2.27. The maximum atomic E-state index is 11.3. The number of allylic oxidation sites excluding steroid dienone is 1. The highest BCUT2D eigenvalue weighted by Gasteiger charge is 2.35. The second-order valence-electron chi connectivity index (χ2n) is 3.14. The van der Waals surface area contributed by atoms with Crippen molar-refractivity contribution in [3.8, 4) is 0 Å². The Kier molecular flexibility index (Phi) is 4.13. The van der Waals surface area contributed by atoms with E-state index < -0.39 is 11.5 Å². The lowest BCUT2D eigenvalue weighted by atomic mass is 9.78. The quantitative estimate of drug-likeness (QED) is 0.594. The van der Waals surface area contributed by atoms with E-state index in [4.69, 9.17) is 5.11 Å². The first kappa shape index (κ1) is 11.3. The second kappa shape index (κ2) is 4.38. The van der Waals surface area contributed by atoms with Gasteiger partial charge in [-0.3, -0.25) is 4.79 Å². The Morgan fingerprint density at radius 2 is 2.25 bits per heavy atom. The van der Waals surface area contributed by atoms with Crippen molar-refractivity contribution in [2.45, 2.75) is 26.4 Å². The summed E-state index contributed by atoms with van der Waals surface area (Å²) in [6, 6.07) is 0. The lowest BCUT2D eigenvalue weighted by Gasteiger charge is -2.28. The van der Waals surface area contributed by atoms with Gasteiger partial charge in [-0.25, -0.2) is 0 Å². The van der Waals surface area contributed by atoms with Crippen LogP contribution >= 0.6 is 0 Å². The van der Waals surface area contributed by atoms with Gasteiger partial charge < -0.3 is 10.2 Å². The molecule has 0 rings (SSSR count). The minimum absolute atomic E-state index is 0.110. The van der Waals surface area contributed by atoms with Gasteiger partial charge in [0.2, 0.25) is 0 Å². The van der Waals surface area contributed by atoms with Gasteiger partial charge in [-0.05, 0) is 26.3 Å². The molecule has 0 aliphatic carbocycles. The molecule has 2 N–H and O–H groups in total. The minimum atomic E-state index is -0.892. The Morgan fingerprint density at radius 1 is 1.75 bits per heavy atom. The topological polar surface area (TPSA) is 57.5 Å². The van der Waals surface area contributed by atoms with E-state index in [0.29, 0.717) is 0 Å². The Hall–Kier alpha value is -0.670. The molecule has 0 bridgehead atoms.